The minimum Gasteiger partial charge on any atom is -0.496 e. The van der Waals surface area contributed by atoms with Crippen LogP contribution in [0.15, 0.2) is 48.5 Å². The molecule has 2 nitrogen and oxygen atoms in total. The normalized spacial score (nSPS) is 12.1. The van der Waals surface area contributed by atoms with Crippen molar-refractivity contribution < 1.29 is 4.74 Å². The van der Waals surface area contributed by atoms with E-state index in [1.165, 1.54) is 14.7 Å². The fourth-order valence-electron chi connectivity index (χ4n) is 2.46. The number of hydrogen-bond donors (Lipinski definition) is 1. The average Bonchev–Trinajstić information content (AvgIpc) is 2.52. The zero-order chi connectivity index (χ0) is 15.1. The Morgan fingerprint density at radius 3 is 2.52 bits per heavy atom. The highest BCUT2D eigenvalue weighted by molar-refractivity contribution is 14.1. The second-order valence-corrected chi connectivity index (χ2v) is 6.21. The van der Waals surface area contributed by atoms with E-state index in [0.717, 1.165) is 25.1 Å². The van der Waals surface area contributed by atoms with Gasteiger partial charge in [0, 0.05) is 9.61 Å². The van der Waals surface area contributed by atoms with Crippen LogP contribution in [-0.2, 0) is 6.42 Å². The molecule has 0 saturated heterocycles. The van der Waals surface area contributed by atoms with E-state index in [0.29, 0.717) is 6.04 Å². The van der Waals surface area contributed by atoms with Crippen LogP contribution in [0.2, 0.25) is 0 Å². The predicted octanol–water partition coefficient (Wildman–Crippen LogP) is 4.58. The maximum absolute atomic E-state index is 5.49. The molecule has 0 amide bonds. The molecule has 2 rings (SSSR count). The van der Waals surface area contributed by atoms with Gasteiger partial charge in [-0.3, -0.25) is 0 Å². The van der Waals surface area contributed by atoms with E-state index in [2.05, 4.69) is 71.2 Å². The van der Waals surface area contributed by atoms with Crippen LogP contribution in [0.5, 0.6) is 5.75 Å². The van der Waals surface area contributed by atoms with Crippen molar-refractivity contribution in [2.24, 2.45) is 0 Å². The Balaban J connectivity index is 2.26. The Labute approximate surface area is 141 Å². The van der Waals surface area contributed by atoms with Crippen LogP contribution in [0.4, 0.5) is 0 Å². The van der Waals surface area contributed by atoms with Gasteiger partial charge in [0.25, 0.3) is 0 Å². The number of nitrogens with one attached hydrogen (secondary N) is 1. The molecule has 1 atom stereocenters. The molecule has 2 aromatic rings. The summed E-state index contributed by atoms with van der Waals surface area (Å²) >= 11 is 2.42. The van der Waals surface area contributed by atoms with E-state index >= 15 is 0 Å². The molecule has 0 aliphatic carbocycles. The van der Waals surface area contributed by atoms with Gasteiger partial charge in [-0.2, -0.15) is 0 Å². The molecule has 2 aromatic carbocycles. The fourth-order valence-corrected chi connectivity index (χ4v) is 3.22. The van der Waals surface area contributed by atoms with Gasteiger partial charge in [0.2, 0.25) is 0 Å². The average molecular weight is 395 g/mol. The largest absolute Gasteiger partial charge is 0.496 e. The molecule has 0 heterocycles. The second-order valence-electron chi connectivity index (χ2n) is 5.04. The van der Waals surface area contributed by atoms with Gasteiger partial charge in [-0.25, -0.2) is 0 Å². The third-order valence-electron chi connectivity index (χ3n) is 3.54. The highest BCUT2D eigenvalue weighted by Gasteiger charge is 2.16. The molecule has 1 N–H and O–H groups in total. The van der Waals surface area contributed by atoms with E-state index in [4.69, 9.17) is 4.74 Å². The third kappa shape index (κ3) is 4.45. The van der Waals surface area contributed by atoms with Crippen molar-refractivity contribution in [2.75, 3.05) is 13.7 Å². The van der Waals surface area contributed by atoms with Crippen molar-refractivity contribution in [3.8, 4) is 5.75 Å². The first-order valence-electron chi connectivity index (χ1n) is 7.36. The SMILES string of the molecule is CCCNC(Cc1ccccc1OC)c1ccccc1I. The lowest BCUT2D eigenvalue weighted by molar-refractivity contribution is 0.405. The first-order valence-corrected chi connectivity index (χ1v) is 8.43. The number of benzene rings is 2. The standard InChI is InChI=1S/C18H22INO/c1-3-12-20-17(15-9-5-6-10-16(15)19)13-14-8-4-7-11-18(14)21-2/h4-11,17,20H,3,12-13H2,1-2H3. The maximum atomic E-state index is 5.49. The number of methoxy groups -OCH3 is 1. The van der Waals surface area contributed by atoms with Gasteiger partial charge in [0.05, 0.1) is 7.11 Å². The van der Waals surface area contributed by atoms with E-state index in [9.17, 15) is 0 Å². The van der Waals surface area contributed by atoms with Crippen LogP contribution in [0, 0.1) is 3.57 Å². The first kappa shape index (κ1) is 16.3. The molecular weight excluding hydrogens is 373 g/mol. The molecular formula is C18H22INO. The van der Waals surface area contributed by atoms with Crippen molar-refractivity contribution >= 4 is 22.6 Å². The second kappa shape index (κ2) is 8.39. The number of para-hydroxylation sites is 1. The Morgan fingerprint density at radius 2 is 1.81 bits per heavy atom. The molecule has 21 heavy (non-hydrogen) atoms. The first-order chi connectivity index (χ1) is 10.3. The number of hydrogen-bond acceptors (Lipinski definition) is 2. The monoisotopic (exact) mass is 395 g/mol. The summed E-state index contributed by atoms with van der Waals surface area (Å²) in [5, 5.41) is 3.67. The van der Waals surface area contributed by atoms with Crippen LogP contribution in [-0.4, -0.2) is 13.7 Å². The molecule has 0 radical (unpaired) electrons. The summed E-state index contributed by atoms with van der Waals surface area (Å²) in [7, 11) is 1.74. The smallest absolute Gasteiger partial charge is 0.122 e. The molecule has 0 aromatic heterocycles. The van der Waals surface area contributed by atoms with Crippen LogP contribution in [0.3, 0.4) is 0 Å². The summed E-state index contributed by atoms with van der Waals surface area (Å²) in [6.07, 6.45) is 2.07. The number of ether oxygens (including phenoxy) is 1. The fraction of sp³-hybridized carbons (Fsp3) is 0.333. The highest BCUT2D eigenvalue weighted by atomic mass is 127. The van der Waals surface area contributed by atoms with Crippen LogP contribution < -0.4 is 10.1 Å². The Morgan fingerprint density at radius 1 is 1.10 bits per heavy atom. The quantitative estimate of drug-likeness (QED) is 0.693. The summed E-state index contributed by atoms with van der Waals surface area (Å²) in [6.45, 7) is 3.22. The highest BCUT2D eigenvalue weighted by Crippen LogP contribution is 2.27. The Bertz CT molecular complexity index is 571. The third-order valence-corrected chi connectivity index (χ3v) is 4.52. The van der Waals surface area contributed by atoms with Gasteiger partial charge in [0.15, 0.2) is 0 Å². The van der Waals surface area contributed by atoms with Gasteiger partial charge in [-0.1, -0.05) is 43.3 Å². The molecule has 1 unspecified atom stereocenters. The molecule has 0 spiro atoms. The molecule has 0 saturated carbocycles. The lowest BCUT2D eigenvalue weighted by atomic mass is 9.98. The van der Waals surface area contributed by atoms with E-state index in [1.807, 2.05) is 12.1 Å². The van der Waals surface area contributed by atoms with Crippen molar-refractivity contribution in [2.45, 2.75) is 25.8 Å². The van der Waals surface area contributed by atoms with Crippen LogP contribution in [0.25, 0.3) is 0 Å². The van der Waals surface area contributed by atoms with Crippen molar-refractivity contribution in [3.63, 3.8) is 0 Å². The lowest BCUT2D eigenvalue weighted by Crippen LogP contribution is -2.25. The summed E-state index contributed by atoms with van der Waals surface area (Å²) in [4.78, 5) is 0. The summed E-state index contributed by atoms with van der Waals surface area (Å²) in [6, 6.07) is 17.2. The predicted molar refractivity (Wildman–Crippen MR) is 96.9 cm³/mol. The van der Waals surface area contributed by atoms with Gasteiger partial charge in [0.1, 0.15) is 5.75 Å². The zero-order valence-electron chi connectivity index (χ0n) is 12.6. The van der Waals surface area contributed by atoms with Crippen LogP contribution in [0.1, 0.15) is 30.5 Å². The molecule has 112 valence electrons. The Hall–Kier alpha value is -1.07. The summed E-state index contributed by atoms with van der Waals surface area (Å²) < 4.78 is 6.79. The molecule has 0 aliphatic heterocycles. The zero-order valence-corrected chi connectivity index (χ0v) is 14.8. The van der Waals surface area contributed by atoms with E-state index in [1.54, 1.807) is 7.11 Å². The minimum atomic E-state index is 0.314. The van der Waals surface area contributed by atoms with Crippen LogP contribution >= 0.6 is 22.6 Å². The number of halogens is 1. The molecule has 3 heteroatoms. The van der Waals surface area contributed by atoms with Gasteiger partial charge in [-0.05, 0) is 65.2 Å². The van der Waals surface area contributed by atoms with Crippen molar-refractivity contribution in [3.05, 3.63) is 63.2 Å². The lowest BCUT2D eigenvalue weighted by Gasteiger charge is -2.21. The summed E-state index contributed by atoms with van der Waals surface area (Å²) in [5.74, 6) is 0.965. The van der Waals surface area contributed by atoms with Gasteiger partial charge < -0.3 is 10.1 Å². The molecule has 0 bridgehead atoms. The number of rotatable bonds is 7. The topological polar surface area (TPSA) is 21.3 Å². The molecule has 0 fully saturated rings. The van der Waals surface area contributed by atoms with E-state index < -0.39 is 0 Å². The van der Waals surface area contributed by atoms with Crippen molar-refractivity contribution in [1.29, 1.82) is 0 Å². The van der Waals surface area contributed by atoms with Gasteiger partial charge in [-0.15, -0.1) is 0 Å². The molecule has 0 aliphatic rings. The summed E-state index contributed by atoms with van der Waals surface area (Å²) in [5.41, 5.74) is 2.60. The Kier molecular flexibility index (Phi) is 6.51. The maximum Gasteiger partial charge on any atom is 0.122 e. The van der Waals surface area contributed by atoms with Gasteiger partial charge >= 0.3 is 0 Å². The minimum absolute atomic E-state index is 0.314. The van der Waals surface area contributed by atoms with E-state index in [-0.39, 0.29) is 0 Å². The van der Waals surface area contributed by atoms with Crippen molar-refractivity contribution in [1.82, 2.24) is 5.32 Å².